The first-order chi connectivity index (χ1) is 9.29. The quantitative estimate of drug-likeness (QED) is 0.686. The van der Waals surface area contributed by atoms with Gasteiger partial charge >= 0.3 is 0 Å². The van der Waals surface area contributed by atoms with E-state index in [0.29, 0.717) is 17.4 Å². The topological polar surface area (TPSA) is 30.7 Å². The van der Waals surface area contributed by atoms with Crippen LogP contribution in [0.15, 0.2) is 42.6 Å². The summed E-state index contributed by atoms with van der Waals surface area (Å²) in [5, 5.41) is 0.642. The molecule has 19 heavy (non-hydrogen) atoms. The third-order valence-electron chi connectivity index (χ3n) is 2.97. The first kappa shape index (κ1) is 12.5. The van der Waals surface area contributed by atoms with Crippen LogP contribution >= 0.6 is 23.2 Å². The number of nitrogens with zero attached hydrogens (tertiary/aromatic N) is 3. The van der Waals surface area contributed by atoms with Gasteiger partial charge in [-0.2, -0.15) is 0 Å². The van der Waals surface area contributed by atoms with Crippen molar-refractivity contribution in [3.63, 3.8) is 0 Å². The van der Waals surface area contributed by atoms with Gasteiger partial charge < -0.3 is 4.57 Å². The predicted molar refractivity (Wildman–Crippen MR) is 77.6 cm³/mol. The summed E-state index contributed by atoms with van der Waals surface area (Å²) < 4.78 is 2.05. The zero-order valence-corrected chi connectivity index (χ0v) is 11.6. The van der Waals surface area contributed by atoms with Gasteiger partial charge in [-0.1, -0.05) is 23.7 Å². The number of pyridine rings is 1. The van der Waals surface area contributed by atoms with Gasteiger partial charge in [0.1, 0.15) is 11.3 Å². The molecule has 3 rings (SSSR count). The molecule has 0 saturated carbocycles. The molecule has 96 valence electrons. The third-order valence-corrected chi connectivity index (χ3v) is 3.52. The summed E-state index contributed by atoms with van der Waals surface area (Å²) in [5.41, 5.74) is 2.73. The van der Waals surface area contributed by atoms with E-state index in [1.165, 1.54) is 0 Å². The Balaban J connectivity index is 2.14. The number of rotatable bonds is 3. The summed E-state index contributed by atoms with van der Waals surface area (Å²) in [5.74, 6) is 1.15. The highest BCUT2D eigenvalue weighted by Crippen LogP contribution is 2.25. The summed E-state index contributed by atoms with van der Waals surface area (Å²) in [6.07, 6.45) is 1.78. The largest absolute Gasteiger partial charge is 0.321 e. The van der Waals surface area contributed by atoms with Crippen molar-refractivity contribution >= 4 is 34.2 Å². The average Bonchev–Trinajstić information content (AvgIpc) is 2.80. The molecule has 0 aliphatic heterocycles. The van der Waals surface area contributed by atoms with Crippen molar-refractivity contribution < 1.29 is 0 Å². The highest BCUT2D eigenvalue weighted by atomic mass is 35.5. The molecule has 0 aliphatic carbocycles. The maximum Gasteiger partial charge on any atom is 0.125 e. The number of halogens is 2. The monoisotopic (exact) mass is 291 g/mol. The molecule has 0 atom stereocenters. The van der Waals surface area contributed by atoms with Crippen LogP contribution in [0.1, 0.15) is 11.5 Å². The Labute approximate surface area is 120 Å². The molecule has 2 heterocycles. The maximum atomic E-state index is 6.17. The fourth-order valence-corrected chi connectivity index (χ4v) is 2.51. The zero-order chi connectivity index (χ0) is 13.2. The van der Waals surface area contributed by atoms with Crippen LogP contribution in [0.25, 0.3) is 11.0 Å². The lowest BCUT2D eigenvalue weighted by Crippen LogP contribution is -2.05. The standard InChI is InChI=1S/C14H11Cl2N3/c15-8-13-18-14-11(16)5-3-6-12(14)19(13)9-10-4-1-2-7-17-10/h1-7H,8-9H2. The van der Waals surface area contributed by atoms with Crippen LogP contribution in [0.3, 0.4) is 0 Å². The van der Waals surface area contributed by atoms with Crippen LogP contribution in [0.5, 0.6) is 0 Å². The van der Waals surface area contributed by atoms with Gasteiger partial charge in [-0.15, -0.1) is 11.6 Å². The Bertz CT molecular complexity index is 707. The molecule has 0 radical (unpaired) electrons. The van der Waals surface area contributed by atoms with Gasteiger partial charge in [0, 0.05) is 6.20 Å². The number of hydrogen-bond donors (Lipinski definition) is 0. The summed E-state index contributed by atoms with van der Waals surface area (Å²) in [7, 11) is 0. The fraction of sp³-hybridized carbons (Fsp3) is 0.143. The SMILES string of the molecule is ClCc1nc2c(Cl)cccc2n1Cc1ccccn1. The van der Waals surface area contributed by atoms with Crippen LogP contribution < -0.4 is 0 Å². The predicted octanol–water partition coefficient (Wildman–Crippen LogP) is 3.87. The lowest BCUT2D eigenvalue weighted by molar-refractivity contribution is 0.758. The Kier molecular flexibility index (Phi) is 3.40. The number of imidazole rings is 1. The van der Waals surface area contributed by atoms with Crippen molar-refractivity contribution in [2.75, 3.05) is 0 Å². The van der Waals surface area contributed by atoms with Crippen molar-refractivity contribution in [2.45, 2.75) is 12.4 Å². The van der Waals surface area contributed by atoms with E-state index in [9.17, 15) is 0 Å². The van der Waals surface area contributed by atoms with Gasteiger partial charge in [-0.05, 0) is 24.3 Å². The molecule has 0 spiro atoms. The number of para-hydroxylation sites is 1. The van der Waals surface area contributed by atoms with Crippen LogP contribution in [0, 0.1) is 0 Å². The van der Waals surface area contributed by atoms with E-state index in [0.717, 1.165) is 22.6 Å². The van der Waals surface area contributed by atoms with Gasteiger partial charge in [0.2, 0.25) is 0 Å². The van der Waals surface area contributed by atoms with Crippen LogP contribution in [0.2, 0.25) is 5.02 Å². The Hall–Kier alpha value is -1.58. The molecule has 2 aromatic heterocycles. The summed E-state index contributed by atoms with van der Waals surface area (Å²) in [6.45, 7) is 0.639. The van der Waals surface area contributed by atoms with E-state index in [1.807, 2.05) is 36.4 Å². The molecule has 3 nitrogen and oxygen atoms in total. The van der Waals surface area contributed by atoms with Gasteiger partial charge in [0.15, 0.2) is 0 Å². The third kappa shape index (κ3) is 2.31. The Morgan fingerprint density at radius 1 is 1.11 bits per heavy atom. The minimum absolute atomic E-state index is 0.345. The van der Waals surface area contributed by atoms with Gasteiger partial charge in [0.05, 0.1) is 28.7 Å². The normalized spacial score (nSPS) is 11.1. The van der Waals surface area contributed by atoms with Crippen molar-refractivity contribution in [3.8, 4) is 0 Å². The molecule has 1 aromatic carbocycles. The van der Waals surface area contributed by atoms with Crippen LogP contribution in [-0.4, -0.2) is 14.5 Å². The zero-order valence-electron chi connectivity index (χ0n) is 10.1. The number of benzene rings is 1. The molecule has 0 fully saturated rings. The lowest BCUT2D eigenvalue weighted by Gasteiger charge is -2.07. The van der Waals surface area contributed by atoms with E-state index < -0.39 is 0 Å². The van der Waals surface area contributed by atoms with Crippen LogP contribution in [-0.2, 0) is 12.4 Å². The second-order valence-electron chi connectivity index (χ2n) is 4.18. The minimum atomic E-state index is 0.345. The van der Waals surface area contributed by atoms with E-state index >= 15 is 0 Å². The van der Waals surface area contributed by atoms with Crippen molar-refractivity contribution in [2.24, 2.45) is 0 Å². The molecular weight excluding hydrogens is 281 g/mol. The van der Waals surface area contributed by atoms with Gasteiger partial charge in [-0.25, -0.2) is 4.98 Å². The molecule has 0 unspecified atom stereocenters. The molecule has 3 aromatic rings. The first-order valence-corrected chi connectivity index (χ1v) is 6.80. The highest BCUT2D eigenvalue weighted by molar-refractivity contribution is 6.35. The first-order valence-electron chi connectivity index (χ1n) is 5.89. The molecule has 0 N–H and O–H groups in total. The number of alkyl halides is 1. The average molecular weight is 292 g/mol. The second-order valence-corrected chi connectivity index (χ2v) is 4.85. The lowest BCUT2D eigenvalue weighted by atomic mass is 10.3. The van der Waals surface area contributed by atoms with Gasteiger partial charge in [-0.3, -0.25) is 4.98 Å². The number of fused-ring (bicyclic) bond motifs is 1. The molecular formula is C14H11Cl2N3. The molecule has 0 amide bonds. The smallest absolute Gasteiger partial charge is 0.125 e. The van der Waals surface area contributed by atoms with E-state index in [-0.39, 0.29) is 0 Å². The van der Waals surface area contributed by atoms with E-state index in [4.69, 9.17) is 23.2 Å². The highest BCUT2D eigenvalue weighted by Gasteiger charge is 2.12. The summed E-state index contributed by atoms with van der Waals surface area (Å²) in [6, 6.07) is 11.6. The van der Waals surface area contributed by atoms with Gasteiger partial charge in [0.25, 0.3) is 0 Å². The molecule has 0 aliphatic rings. The summed E-state index contributed by atoms with van der Waals surface area (Å²) >= 11 is 12.1. The van der Waals surface area contributed by atoms with Crippen LogP contribution in [0.4, 0.5) is 0 Å². The number of hydrogen-bond acceptors (Lipinski definition) is 2. The Morgan fingerprint density at radius 3 is 2.74 bits per heavy atom. The maximum absolute atomic E-state index is 6.17. The minimum Gasteiger partial charge on any atom is -0.321 e. The molecule has 0 saturated heterocycles. The molecule has 5 heteroatoms. The Morgan fingerprint density at radius 2 is 2.00 bits per heavy atom. The second kappa shape index (κ2) is 5.19. The van der Waals surface area contributed by atoms with Crippen molar-refractivity contribution in [3.05, 3.63) is 59.1 Å². The molecule has 0 bridgehead atoms. The van der Waals surface area contributed by atoms with Crippen molar-refractivity contribution in [1.82, 2.24) is 14.5 Å². The van der Waals surface area contributed by atoms with E-state index in [1.54, 1.807) is 6.20 Å². The van der Waals surface area contributed by atoms with Crippen molar-refractivity contribution in [1.29, 1.82) is 0 Å². The van der Waals surface area contributed by atoms with E-state index in [2.05, 4.69) is 14.5 Å². The fourth-order valence-electron chi connectivity index (χ4n) is 2.09. The number of aromatic nitrogens is 3. The summed E-state index contributed by atoms with van der Waals surface area (Å²) in [4.78, 5) is 8.83.